The van der Waals surface area contributed by atoms with Gasteiger partial charge >= 0.3 is 6.01 Å². The fraction of sp³-hybridized carbons (Fsp3) is 0.857. The summed E-state index contributed by atoms with van der Waals surface area (Å²) < 4.78 is 5.79. The summed E-state index contributed by atoms with van der Waals surface area (Å²) in [5.74, 6) is 1.47. The SMILES string of the molecule is CCNC(C)c1nnc(N(C)C2CCCC(C)C2)o1. The molecule has 1 N–H and O–H groups in total. The summed E-state index contributed by atoms with van der Waals surface area (Å²) in [6.07, 6.45) is 5.08. The Morgan fingerprint density at radius 2 is 2.21 bits per heavy atom. The van der Waals surface area contributed by atoms with Gasteiger partial charge in [0.15, 0.2) is 0 Å². The van der Waals surface area contributed by atoms with E-state index in [0.29, 0.717) is 17.9 Å². The fourth-order valence-corrected chi connectivity index (χ4v) is 2.85. The fourth-order valence-electron chi connectivity index (χ4n) is 2.85. The molecule has 3 unspecified atom stereocenters. The van der Waals surface area contributed by atoms with Crippen molar-refractivity contribution in [3.05, 3.63) is 5.89 Å². The first-order chi connectivity index (χ1) is 9.11. The van der Waals surface area contributed by atoms with E-state index in [1.54, 1.807) is 0 Å². The summed E-state index contributed by atoms with van der Waals surface area (Å²) in [5, 5.41) is 11.6. The molecule has 2 rings (SSSR count). The minimum Gasteiger partial charge on any atom is -0.406 e. The van der Waals surface area contributed by atoms with E-state index >= 15 is 0 Å². The Morgan fingerprint density at radius 3 is 2.89 bits per heavy atom. The number of rotatable bonds is 5. The topological polar surface area (TPSA) is 54.2 Å². The summed E-state index contributed by atoms with van der Waals surface area (Å²) in [6.45, 7) is 7.34. The van der Waals surface area contributed by atoms with E-state index in [9.17, 15) is 0 Å². The van der Waals surface area contributed by atoms with Crippen LogP contribution in [0.3, 0.4) is 0 Å². The smallest absolute Gasteiger partial charge is 0.318 e. The minimum absolute atomic E-state index is 0.116. The third kappa shape index (κ3) is 3.47. The van der Waals surface area contributed by atoms with Crippen molar-refractivity contribution in [1.29, 1.82) is 0 Å². The molecule has 0 radical (unpaired) electrons. The molecule has 0 aliphatic heterocycles. The molecular formula is C14H26N4O. The standard InChI is InChI=1S/C14H26N4O/c1-5-15-11(3)13-16-17-14(19-13)18(4)12-8-6-7-10(2)9-12/h10-12,15H,5-9H2,1-4H3. The molecule has 0 aromatic carbocycles. The van der Waals surface area contributed by atoms with Crippen molar-refractivity contribution in [1.82, 2.24) is 15.5 Å². The maximum atomic E-state index is 5.79. The van der Waals surface area contributed by atoms with Crippen molar-refractivity contribution in [2.45, 2.75) is 58.5 Å². The highest BCUT2D eigenvalue weighted by molar-refractivity contribution is 5.25. The molecular weight excluding hydrogens is 240 g/mol. The van der Waals surface area contributed by atoms with Crippen LogP contribution in [0.4, 0.5) is 6.01 Å². The first-order valence-corrected chi connectivity index (χ1v) is 7.41. The number of nitrogens with one attached hydrogen (secondary N) is 1. The maximum absolute atomic E-state index is 5.79. The number of hydrogen-bond donors (Lipinski definition) is 1. The van der Waals surface area contributed by atoms with Crippen LogP contribution in [0.15, 0.2) is 4.42 Å². The van der Waals surface area contributed by atoms with Crippen LogP contribution >= 0.6 is 0 Å². The molecule has 3 atom stereocenters. The summed E-state index contributed by atoms with van der Waals surface area (Å²) in [7, 11) is 2.07. The molecule has 1 aromatic heterocycles. The van der Waals surface area contributed by atoms with Gasteiger partial charge in [0.1, 0.15) is 0 Å². The highest BCUT2D eigenvalue weighted by Gasteiger charge is 2.26. The van der Waals surface area contributed by atoms with Crippen LogP contribution in [0.25, 0.3) is 0 Å². The monoisotopic (exact) mass is 266 g/mol. The van der Waals surface area contributed by atoms with Crippen molar-refractivity contribution in [2.75, 3.05) is 18.5 Å². The van der Waals surface area contributed by atoms with E-state index in [4.69, 9.17) is 4.42 Å². The molecule has 1 saturated carbocycles. The first-order valence-electron chi connectivity index (χ1n) is 7.41. The van der Waals surface area contributed by atoms with E-state index in [-0.39, 0.29) is 6.04 Å². The summed E-state index contributed by atoms with van der Waals surface area (Å²) in [4.78, 5) is 2.16. The van der Waals surface area contributed by atoms with E-state index in [1.807, 2.05) is 6.92 Å². The lowest BCUT2D eigenvalue weighted by atomic mass is 9.86. The van der Waals surface area contributed by atoms with Gasteiger partial charge in [-0.25, -0.2) is 0 Å². The second kappa shape index (κ2) is 6.37. The van der Waals surface area contributed by atoms with Crippen LogP contribution in [0, 0.1) is 5.92 Å². The summed E-state index contributed by atoms with van der Waals surface area (Å²) >= 11 is 0. The van der Waals surface area contributed by atoms with Gasteiger partial charge in [0.2, 0.25) is 5.89 Å². The van der Waals surface area contributed by atoms with Crippen molar-refractivity contribution in [2.24, 2.45) is 5.92 Å². The molecule has 1 heterocycles. The van der Waals surface area contributed by atoms with Gasteiger partial charge in [-0.05, 0) is 32.2 Å². The van der Waals surface area contributed by atoms with Gasteiger partial charge in [0.05, 0.1) is 6.04 Å². The number of nitrogens with zero attached hydrogens (tertiary/aromatic N) is 3. The lowest BCUT2D eigenvalue weighted by Gasteiger charge is -2.32. The molecule has 5 heteroatoms. The van der Waals surface area contributed by atoms with E-state index in [1.165, 1.54) is 25.7 Å². The average molecular weight is 266 g/mol. The van der Waals surface area contributed by atoms with Gasteiger partial charge in [-0.3, -0.25) is 0 Å². The summed E-state index contributed by atoms with van der Waals surface area (Å²) in [5.41, 5.74) is 0. The normalized spacial score (nSPS) is 25.3. The Hall–Kier alpha value is -1.10. The molecule has 0 spiro atoms. The Kier molecular flexibility index (Phi) is 4.80. The Morgan fingerprint density at radius 1 is 1.42 bits per heavy atom. The average Bonchev–Trinajstić information content (AvgIpc) is 2.88. The zero-order valence-electron chi connectivity index (χ0n) is 12.5. The zero-order valence-corrected chi connectivity index (χ0v) is 12.5. The minimum atomic E-state index is 0.116. The maximum Gasteiger partial charge on any atom is 0.318 e. The summed E-state index contributed by atoms with van der Waals surface area (Å²) in [6, 6.07) is 1.30. The van der Waals surface area contributed by atoms with Crippen molar-refractivity contribution >= 4 is 6.01 Å². The highest BCUT2D eigenvalue weighted by atomic mass is 16.4. The van der Waals surface area contributed by atoms with E-state index in [2.05, 4.69) is 41.3 Å². The van der Waals surface area contributed by atoms with Gasteiger partial charge < -0.3 is 14.6 Å². The molecule has 0 amide bonds. The van der Waals surface area contributed by atoms with Gasteiger partial charge in [-0.1, -0.05) is 31.8 Å². The molecule has 0 bridgehead atoms. The lowest BCUT2D eigenvalue weighted by molar-refractivity contribution is 0.323. The van der Waals surface area contributed by atoms with Crippen molar-refractivity contribution in [3.63, 3.8) is 0 Å². The first kappa shape index (κ1) is 14.3. The van der Waals surface area contributed by atoms with Gasteiger partial charge in [0, 0.05) is 13.1 Å². The van der Waals surface area contributed by atoms with Crippen molar-refractivity contribution < 1.29 is 4.42 Å². The van der Waals surface area contributed by atoms with Crippen molar-refractivity contribution in [3.8, 4) is 0 Å². The second-order valence-electron chi connectivity index (χ2n) is 5.74. The van der Waals surface area contributed by atoms with Gasteiger partial charge in [-0.2, -0.15) is 0 Å². The van der Waals surface area contributed by atoms with E-state index < -0.39 is 0 Å². The Balaban J connectivity index is 2.01. The van der Waals surface area contributed by atoms with Crippen LogP contribution < -0.4 is 10.2 Å². The largest absolute Gasteiger partial charge is 0.406 e. The predicted octanol–water partition coefficient (Wildman–Crippen LogP) is 2.76. The Bertz CT molecular complexity index is 393. The van der Waals surface area contributed by atoms with E-state index in [0.717, 1.165) is 12.5 Å². The molecule has 1 aromatic rings. The predicted molar refractivity (Wildman–Crippen MR) is 76.2 cm³/mol. The number of aromatic nitrogens is 2. The molecule has 1 aliphatic rings. The molecule has 1 fully saturated rings. The third-order valence-electron chi connectivity index (χ3n) is 4.07. The zero-order chi connectivity index (χ0) is 13.8. The molecule has 5 nitrogen and oxygen atoms in total. The third-order valence-corrected chi connectivity index (χ3v) is 4.07. The number of anilines is 1. The van der Waals surface area contributed by atoms with Crippen LogP contribution in [-0.4, -0.2) is 29.8 Å². The lowest BCUT2D eigenvalue weighted by Crippen LogP contribution is -2.35. The molecule has 19 heavy (non-hydrogen) atoms. The van der Waals surface area contributed by atoms with Crippen LogP contribution in [-0.2, 0) is 0 Å². The Labute approximate surface area is 115 Å². The van der Waals surface area contributed by atoms with Gasteiger partial charge in [-0.15, -0.1) is 5.10 Å². The van der Waals surface area contributed by atoms with Crippen LogP contribution in [0.1, 0.15) is 58.4 Å². The van der Waals surface area contributed by atoms with Crippen LogP contribution in [0.2, 0.25) is 0 Å². The second-order valence-corrected chi connectivity index (χ2v) is 5.74. The molecule has 108 valence electrons. The van der Waals surface area contributed by atoms with Crippen LogP contribution in [0.5, 0.6) is 0 Å². The molecule has 0 saturated heterocycles. The molecule has 1 aliphatic carbocycles. The highest BCUT2D eigenvalue weighted by Crippen LogP contribution is 2.29. The number of hydrogen-bond acceptors (Lipinski definition) is 5. The van der Waals surface area contributed by atoms with Gasteiger partial charge in [0.25, 0.3) is 0 Å². The quantitative estimate of drug-likeness (QED) is 0.888.